The van der Waals surface area contributed by atoms with Crippen molar-refractivity contribution in [3.63, 3.8) is 0 Å². The molecule has 6 nitrogen and oxygen atoms in total. The molecule has 0 saturated carbocycles. The van der Waals surface area contributed by atoms with E-state index in [1.54, 1.807) is 11.0 Å². The monoisotopic (exact) mass is 448 g/mol. The van der Waals surface area contributed by atoms with Crippen molar-refractivity contribution in [2.75, 3.05) is 11.9 Å². The molecule has 0 aliphatic carbocycles. The predicted octanol–water partition coefficient (Wildman–Crippen LogP) is 5.12. The second-order valence-corrected chi connectivity index (χ2v) is 8.20. The van der Waals surface area contributed by atoms with Gasteiger partial charge in [0.1, 0.15) is 0 Å². The lowest BCUT2D eigenvalue weighted by Crippen LogP contribution is -2.37. The summed E-state index contributed by atoms with van der Waals surface area (Å²) in [5.74, 6) is 0.148. The fourth-order valence-electron chi connectivity index (χ4n) is 3.81. The summed E-state index contributed by atoms with van der Waals surface area (Å²) in [6.45, 7) is 2.97. The Hall–Kier alpha value is -3.25. The van der Waals surface area contributed by atoms with E-state index in [-0.39, 0.29) is 17.8 Å². The second kappa shape index (κ2) is 9.92. The molecule has 0 atom stereocenters. The Balaban J connectivity index is 1.70. The molecule has 32 heavy (non-hydrogen) atoms. The lowest BCUT2D eigenvalue weighted by atomic mass is 9.98. The summed E-state index contributed by atoms with van der Waals surface area (Å²) in [6, 6.07) is 16.7. The first kappa shape index (κ1) is 22.0. The molecule has 1 aliphatic heterocycles. The quantitative estimate of drug-likeness (QED) is 0.567. The third-order valence-corrected chi connectivity index (χ3v) is 5.84. The summed E-state index contributed by atoms with van der Waals surface area (Å²) >= 11 is 6.49. The number of amides is 2. The Bertz CT molecular complexity index is 1130. The first-order chi connectivity index (χ1) is 15.6. The number of hydrogen-bond acceptors (Lipinski definition) is 4. The number of carbonyl (C=O) groups is 2. The number of nitrogens with zero attached hydrogens (tertiary/aromatic N) is 3. The van der Waals surface area contributed by atoms with Crippen molar-refractivity contribution >= 4 is 29.4 Å². The molecular formula is C25H25ClN4O2. The highest BCUT2D eigenvalue weighted by molar-refractivity contribution is 6.33. The van der Waals surface area contributed by atoms with Crippen molar-refractivity contribution in [2.45, 2.75) is 39.2 Å². The average Bonchev–Trinajstić information content (AvgIpc) is 2.82. The molecule has 1 aromatic heterocycles. The average molecular weight is 449 g/mol. The van der Waals surface area contributed by atoms with Gasteiger partial charge in [0.25, 0.3) is 5.91 Å². The smallest absolute Gasteiger partial charge is 0.254 e. The molecule has 0 unspecified atom stereocenters. The summed E-state index contributed by atoms with van der Waals surface area (Å²) in [5.41, 5.74) is 3.75. The van der Waals surface area contributed by atoms with Crippen LogP contribution in [0, 0.1) is 0 Å². The molecule has 0 spiro atoms. The Morgan fingerprint density at radius 2 is 1.81 bits per heavy atom. The zero-order valence-corrected chi connectivity index (χ0v) is 18.7. The van der Waals surface area contributed by atoms with Crippen molar-refractivity contribution in [3.05, 3.63) is 76.4 Å². The Morgan fingerprint density at radius 1 is 1.06 bits per heavy atom. The van der Waals surface area contributed by atoms with E-state index >= 15 is 0 Å². The minimum absolute atomic E-state index is 0.0293. The van der Waals surface area contributed by atoms with Crippen LogP contribution < -0.4 is 5.32 Å². The molecule has 2 heterocycles. The van der Waals surface area contributed by atoms with E-state index in [1.165, 1.54) is 0 Å². The maximum absolute atomic E-state index is 13.0. The van der Waals surface area contributed by atoms with E-state index in [2.05, 4.69) is 15.3 Å². The number of hydrogen-bond donors (Lipinski definition) is 1. The van der Waals surface area contributed by atoms with Crippen molar-refractivity contribution in [1.82, 2.24) is 14.9 Å². The van der Waals surface area contributed by atoms with Crippen molar-refractivity contribution < 1.29 is 9.59 Å². The SMILES string of the molecule is CCCCC(=O)Nc1nc2c(c(-c3ccccc3Cl)n1)CN(C(=O)c1ccccc1)CC2. The van der Waals surface area contributed by atoms with Gasteiger partial charge in [-0.25, -0.2) is 9.97 Å². The standard InChI is InChI=1S/C25H25ClN4O2/c1-2-3-13-22(31)28-25-27-21-14-15-30(24(32)17-9-5-4-6-10-17)16-19(21)23(29-25)18-11-7-8-12-20(18)26/h4-12H,2-3,13-16H2,1H3,(H,27,28,29,31). The summed E-state index contributed by atoms with van der Waals surface area (Å²) < 4.78 is 0. The Labute approximate surface area is 192 Å². The highest BCUT2D eigenvalue weighted by atomic mass is 35.5. The fraction of sp³-hybridized carbons (Fsp3) is 0.280. The van der Waals surface area contributed by atoms with E-state index in [0.717, 1.165) is 29.7 Å². The van der Waals surface area contributed by atoms with E-state index < -0.39 is 0 Å². The van der Waals surface area contributed by atoms with Gasteiger partial charge in [0.2, 0.25) is 11.9 Å². The number of halogens is 1. The summed E-state index contributed by atoms with van der Waals surface area (Å²) in [6.07, 6.45) is 2.75. The van der Waals surface area contributed by atoms with E-state index in [9.17, 15) is 9.59 Å². The van der Waals surface area contributed by atoms with Gasteiger partial charge in [0.15, 0.2) is 0 Å². The molecule has 0 bridgehead atoms. The zero-order chi connectivity index (χ0) is 22.5. The maximum atomic E-state index is 13.0. The van der Waals surface area contributed by atoms with Gasteiger partial charge in [0, 0.05) is 47.6 Å². The highest BCUT2D eigenvalue weighted by Crippen LogP contribution is 2.33. The van der Waals surface area contributed by atoms with Crippen LogP contribution in [0.25, 0.3) is 11.3 Å². The van der Waals surface area contributed by atoms with Gasteiger partial charge in [-0.3, -0.25) is 14.9 Å². The van der Waals surface area contributed by atoms with Crippen molar-refractivity contribution in [1.29, 1.82) is 0 Å². The number of nitrogens with one attached hydrogen (secondary N) is 1. The van der Waals surface area contributed by atoms with Gasteiger partial charge in [0.05, 0.1) is 11.4 Å². The van der Waals surface area contributed by atoms with E-state index in [4.69, 9.17) is 11.6 Å². The molecule has 0 fully saturated rings. The predicted molar refractivity (Wildman–Crippen MR) is 126 cm³/mol. The summed E-state index contributed by atoms with van der Waals surface area (Å²) in [4.78, 5) is 36.4. The van der Waals surface area contributed by atoms with Crippen LogP contribution in [0.2, 0.25) is 5.02 Å². The second-order valence-electron chi connectivity index (χ2n) is 7.80. The number of rotatable bonds is 6. The molecule has 1 aliphatic rings. The first-order valence-corrected chi connectivity index (χ1v) is 11.2. The van der Waals surface area contributed by atoms with Gasteiger partial charge in [-0.2, -0.15) is 0 Å². The topological polar surface area (TPSA) is 75.2 Å². The molecule has 0 saturated heterocycles. The van der Waals surface area contributed by atoms with Crippen molar-refractivity contribution in [3.8, 4) is 11.3 Å². The van der Waals surface area contributed by atoms with E-state index in [0.29, 0.717) is 42.2 Å². The van der Waals surface area contributed by atoms with Crippen LogP contribution in [0.4, 0.5) is 5.95 Å². The molecule has 2 amide bonds. The van der Waals surface area contributed by atoms with Crippen LogP contribution in [0.5, 0.6) is 0 Å². The maximum Gasteiger partial charge on any atom is 0.254 e. The van der Waals surface area contributed by atoms with Crippen LogP contribution in [-0.4, -0.2) is 33.2 Å². The highest BCUT2D eigenvalue weighted by Gasteiger charge is 2.27. The van der Waals surface area contributed by atoms with Crippen LogP contribution >= 0.6 is 11.6 Å². The molecule has 2 aromatic carbocycles. The molecule has 3 aromatic rings. The van der Waals surface area contributed by atoms with Crippen LogP contribution in [0.15, 0.2) is 54.6 Å². The van der Waals surface area contributed by atoms with Crippen LogP contribution in [0.3, 0.4) is 0 Å². The molecule has 4 rings (SSSR count). The molecule has 1 N–H and O–H groups in total. The van der Waals surface area contributed by atoms with Crippen molar-refractivity contribution in [2.24, 2.45) is 0 Å². The lowest BCUT2D eigenvalue weighted by molar-refractivity contribution is -0.116. The van der Waals surface area contributed by atoms with Gasteiger partial charge < -0.3 is 4.90 Å². The number of unbranched alkanes of at least 4 members (excludes halogenated alkanes) is 1. The van der Waals surface area contributed by atoms with Crippen LogP contribution in [0.1, 0.15) is 47.8 Å². The van der Waals surface area contributed by atoms with Gasteiger partial charge in [-0.05, 0) is 24.6 Å². The Morgan fingerprint density at radius 3 is 2.56 bits per heavy atom. The van der Waals surface area contributed by atoms with E-state index in [1.807, 2.05) is 55.5 Å². The number of benzene rings is 2. The molecule has 0 radical (unpaired) electrons. The molecule has 164 valence electrons. The van der Waals surface area contributed by atoms with Gasteiger partial charge in [-0.15, -0.1) is 0 Å². The minimum Gasteiger partial charge on any atom is -0.334 e. The Kier molecular flexibility index (Phi) is 6.81. The largest absolute Gasteiger partial charge is 0.334 e. The third kappa shape index (κ3) is 4.81. The zero-order valence-electron chi connectivity index (χ0n) is 18.0. The third-order valence-electron chi connectivity index (χ3n) is 5.51. The molecular weight excluding hydrogens is 424 g/mol. The normalized spacial score (nSPS) is 12.9. The number of anilines is 1. The van der Waals surface area contributed by atoms with Gasteiger partial charge >= 0.3 is 0 Å². The first-order valence-electron chi connectivity index (χ1n) is 10.9. The summed E-state index contributed by atoms with van der Waals surface area (Å²) in [7, 11) is 0. The van der Waals surface area contributed by atoms with Gasteiger partial charge in [-0.1, -0.05) is 61.3 Å². The minimum atomic E-state index is -0.103. The molecule has 7 heteroatoms. The number of fused-ring (bicyclic) bond motifs is 1. The summed E-state index contributed by atoms with van der Waals surface area (Å²) in [5, 5.41) is 3.39. The lowest BCUT2D eigenvalue weighted by Gasteiger charge is -2.30. The number of aromatic nitrogens is 2. The van der Waals surface area contributed by atoms with Crippen LogP contribution in [-0.2, 0) is 17.8 Å². The number of carbonyl (C=O) groups excluding carboxylic acids is 2. The fourth-order valence-corrected chi connectivity index (χ4v) is 4.03.